The van der Waals surface area contributed by atoms with Gasteiger partial charge in [-0.3, -0.25) is 0 Å². The smallest absolute Gasteiger partial charge is 0.322 e. The highest BCUT2D eigenvalue weighted by molar-refractivity contribution is 6.33. The van der Waals surface area contributed by atoms with Gasteiger partial charge in [-0.25, -0.2) is 4.79 Å². The van der Waals surface area contributed by atoms with Gasteiger partial charge in [0.25, 0.3) is 0 Å². The van der Waals surface area contributed by atoms with Crippen molar-refractivity contribution in [3.05, 3.63) is 28.8 Å². The zero-order valence-electron chi connectivity index (χ0n) is 10.9. The lowest BCUT2D eigenvalue weighted by Crippen LogP contribution is -2.43. The average molecular weight is 295 g/mol. The van der Waals surface area contributed by atoms with Crippen molar-refractivity contribution >= 4 is 23.3 Å². The van der Waals surface area contributed by atoms with Crippen molar-refractivity contribution < 1.29 is 14.6 Å². The molecule has 20 heavy (non-hydrogen) atoms. The van der Waals surface area contributed by atoms with Gasteiger partial charge in [0, 0.05) is 18.7 Å². The number of rotatable bonds is 1. The Bertz CT molecular complexity index is 545. The number of ether oxygens (including phenoxy) is 1. The molecule has 0 aliphatic carbocycles. The Morgan fingerprint density at radius 1 is 1.45 bits per heavy atom. The second kappa shape index (κ2) is 7.15. The number of anilines is 1. The van der Waals surface area contributed by atoms with Gasteiger partial charge in [-0.2, -0.15) is 0 Å². The second-order valence-corrected chi connectivity index (χ2v) is 4.59. The van der Waals surface area contributed by atoms with E-state index in [0.717, 1.165) is 0 Å². The molecule has 1 fully saturated rings. The lowest BCUT2D eigenvalue weighted by atomic mass is 10.2. The van der Waals surface area contributed by atoms with Crippen LogP contribution in [0.5, 0.6) is 0 Å². The standard InChI is InChI=1S/C14H15ClN2O3/c15-12-4-3-11(2-1-7-18)10-13(12)16-14(19)17-5-8-20-9-6-17/h3-4,10,18H,5-9H2,(H,16,19). The molecule has 2 N–H and O–H groups in total. The SMILES string of the molecule is O=C(Nc1cc(C#CCO)ccc1Cl)N1CCOCC1. The predicted molar refractivity (Wildman–Crippen MR) is 76.8 cm³/mol. The molecule has 0 bridgehead atoms. The Balaban J connectivity index is 2.09. The number of urea groups is 1. The first-order valence-corrected chi connectivity index (χ1v) is 6.61. The highest BCUT2D eigenvalue weighted by atomic mass is 35.5. The number of aliphatic hydroxyl groups excluding tert-OH is 1. The first kappa shape index (κ1) is 14.7. The predicted octanol–water partition coefficient (Wildman–Crippen LogP) is 1.55. The van der Waals surface area contributed by atoms with E-state index in [1.165, 1.54) is 0 Å². The van der Waals surface area contributed by atoms with Crippen LogP contribution >= 0.6 is 11.6 Å². The fourth-order valence-corrected chi connectivity index (χ4v) is 1.97. The number of hydrogen-bond acceptors (Lipinski definition) is 3. The molecule has 2 amide bonds. The van der Waals surface area contributed by atoms with Crippen LogP contribution in [-0.2, 0) is 4.74 Å². The number of nitrogens with one attached hydrogen (secondary N) is 1. The summed E-state index contributed by atoms with van der Waals surface area (Å²) in [5.74, 6) is 5.32. The van der Waals surface area contributed by atoms with Gasteiger partial charge in [-0.1, -0.05) is 23.4 Å². The number of amides is 2. The number of nitrogens with zero attached hydrogens (tertiary/aromatic N) is 1. The van der Waals surface area contributed by atoms with Crippen LogP contribution in [0.4, 0.5) is 10.5 Å². The zero-order valence-corrected chi connectivity index (χ0v) is 11.6. The molecule has 6 heteroatoms. The summed E-state index contributed by atoms with van der Waals surface area (Å²) in [7, 11) is 0. The van der Waals surface area contributed by atoms with Crippen LogP contribution in [-0.4, -0.2) is 48.9 Å². The van der Waals surface area contributed by atoms with Crippen LogP contribution in [0.3, 0.4) is 0 Å². The Morgan fingerprint density at radius 3 is 2.90 bits per heavy atom. The van der Waals surface area contributed by atoms with E-state index in [2.05, 4.69) is 17.2 Å². The molecule has 2 rings (SSSR count). The van der Waals surface area contributed by atoms with E-state index < -0.39 is 0 Å². The van der Waals surface area contributed by atoms with E-state index >= 15 is 0 Å². The summed E-state index contributed by atoms with van der Waals surface area (Å²) in [6, 6.07) is 4.87. The number of halogens is 1. The lowest BCUT2D eigenvalue weighted by molar-refractivity contribution is 0.0564. The summed E-state index contributed by atoms with van der Waals surface area (Å²) >= 11 is 6.06. The summed E-state index contributed by atoms with van der Waals surface area (Å²) in [6.45, 7) is 2.01. The Morgan fingerprint density at radius 2 is 2.20 bits per heavy atom. The van der Waals surface area contributed by atoms with Gasteiger partial charge in [-0.05, 0) is 18.2 Å². The topological polar surface area (TPSA) is 61.8 Å². The van der Waals surface area contributed by atoms with Crippen LogP contribution < -0.4 is 5.32 Å². The summed E-state index contributed by atoms with van der Waals surface area (Å²) in [5, 5.41) is 11.9. The molecule has 1 aromatic carbocycles. The minimum Gasteiger partial charge on any atom is -0.384 e. The van der Waals surface area contributed by atoms with Crippen molar-refractivity contribution in [2.45, 2.75) is 0 Å². The maximum absolute atomic E-state index is 12.1. The zero-order chi connectivity index (χ0) is 14.4. The lowest BCUT2D eigenvalue weighted by Gasteiger charge is -2.27. The van der Waals surface area contributed by atoms with Crippen LogP contribution in [0.25, 0.3) is 0 Å². The molecular weight excluding hydrogens is 280 g/mol. The molecule has 0 spiro atoms. The van der Waals surface area contributed by atoms with Gasteiger partial charge in [-0.15, -0.1) is 0 Å². The van der Waals surface area contributed by atoms with E-state index in [4.69, 9.17) is 21.4 Å². The first-order chi connectivity index (χ1) is 9.70. The number of morpholine rings is 1. The first-order valence-electron chi connectivity index (χ1n) is 6.23. The van der Waals surface area contributed by atoms with E-state index in [1.807, 2.05) is 0 Å². The summed E-state index contributed by atoms with van der Waals surface area (Å²) < 4.78 is 5.20. The van der Waals surface area contributed by atoms with Crippen LogP contribution in [0.15, 0.2) is 18.2 Å². The van der Waals surface area contributed by atoms with Gasteiger partial charge >= 0.3 is 6.03 Å². The highest BCUT2D eigenvalue weighted by Crippen LogP contribution is 2.23. The van der Waals surface area contributed by atoms with Crippen molar-refractivity contribution in [3.63, 3.8) is 0 Å². The van der Waals surface area contributed by atoms with Gasteiger partial charge in [0.05, 0.1) is 23.9 Å². The average Bonchev–Trinajstić information content (AvgIpc) is 2.49. The number of aliphatic hydroxyl groups is 1. The largest absolute Gasteiger partial charge is 0.384 e. The van der Waals surface area contributed by atoms with Crippen molar-refractivity contribution in [2.75, 3.05) is 38.2 Å². The third-order valence-electron chi connectivity index (χ3n) is 2.82. The monoisotopic (exact) mass is 294 g/mol. The molecule has 0 atom stereocenters. The number of benzene rings is 1. The normalized spacial score (nSPS) is 14.4. The molecule has 5 nitrogen and oxygen atoms in total. The molecule has 106 valence electrons. The maximum atomic E-state index is 12.1. The third-order valence-corrected chi connectivity index (χ3v) is 3.15. The van der Waals surface area contributed by atoms with E-state index in [0.29, 0.717) is 42.6 Å². The quantitative estimate of drug-likeness (QED) is 0.773. The van der Waals surface area contributed by atoms with Gasteiger partial charge in [0.2, 0.25) is 0 Å². The Kier molecular flexibility index (Phi) is 5.24. The molecule has 1 aliphatic rings. The Hall–Kier alpha value is -1.74. The number of carbonyl (C=O) groups excluding carboxylic acids is 1. The highest BCUT2D eigenvalue weighted by Gasteiger charge is 2.17. The van der Waals surface area contributed by atoms with Crippen molar-refractivity contribution in [2.24, 2.45) is 0 Å². The van der Waals surface area contributed by atoms with Crippen LogP contribution in [0, 0.1) is 11.8 Å². The van der Waals surface area contributed by atoms with Gasteiger partial charge in [0.15, 0.2) is 0 Å². The number of carbonyl (C=O) groups is 1. The van der Waals surface area contributed by atoms with E-state index in [1.54, 1.807) is 23.1 Å². The fourth-order valence-electron chi connectivity index (χ4n) is 1.80. The van der Waals surface area contributed by atoms with Crippen LogP contribution in [0.1, 0.15) is 5.56 Å². The number of hydrogen-bond donors (Lipinski definition) is 2. The van der Waals surface area contributed by atoms with Gasteiger partial charge < -0.3 is 20.1 Å². The molecule has 1 heterocycles. The van der Waals surface area contributed by atoms with E-state index in [-0.39, 0.29) is 12.6 Å². The fraction of sp³-hybridized carbons (Fsp3) is 0.357. The van der Waals surface area contributed by atoms with Gasteiger partial charge in [0.1, 0.15) is 6.61 Å². The molecule has 1 aromatic rings. The molecular formula is C14H15ClN2O3. The maximum Gasteiger partial charge on any atom is 0.322 e. The molecule has 1 aliphatic heterocycles. The summed E-state index contributed by atoms with van der Waals surface area (Å²) in [6.07, 6.45) is 0. The minimum atomic E-state index is -0.210. The third kappa shape index (κ3) is 3.87. The molecule has 0 saturated carbocycles. The molecule has 0 radical (unpaired) electrons. The van der Waals surface area contributed by atoms with Crippen LogP contribution in [0.2, 0.25) is 5.02 Å². The minimum absolute atomic E-state index is 0.206. The summed E-state index contributed by atoms with van der Waals surface area (Å²) in [4.78, 5) is 13.7. The van der Waals surface area contributed by atoms with Crippen molar-refractivity contribution in [3.8, 4) is 11.8 Å². The molecule has 0 aromatic heterocycles. The van der Waals surface area contributed by atoms with Crippen molar-refractivity contribution in [1.82, 2.24) is 4.90 Å². The Labute approximate surface area is 122 Å². The van der Waals surface area contributed by atoms with E-state index in [9.17, 15) is 4.79 Å². The molecule has 1 saturated heterocycles. The van der Waals surface area contributed by atoms with Crippen molar-refractivity contribution in [1.29, 1.82) is 0 Å². The summed E-state index contributed by atoms with van der Waals surface area (Å²) in [5.41, 5.74) is 1.19. The molecule has 0 unspecified atom stereocenters. The second-order valence-electron chi connectivity index (χ2n) is 4.18.